The van der Waals surface area contributed by atoms with Crippen LogP contribution < -0.4 is 5.32 Å². The van der Waals surface area contributed by atoms with Crippen LogP contribution in [-0.4, -0.2) is 36.4 Å². The van der Waals surface area contributed by atoms with E-state index in [9.17, 15) is 13.6 Å². The third-order valence-electron chi connectivity index (χ3n) is 2.59. The van der Waals surface area contributed by atoms with Crippen LogP contribution >= 0.6 is 15.9 Å². The lowest BCUT2D eigenvalue weighted by Gasteiger charge is -2.29. The molecule has 0 saturated carbocycles. The molecule has 0 aliphatic carbocycles. The molecule has 0 spiro atoms. The lowest BCUT2D eigenvalue weighted by atomic mass is 9.95. The maximum atomic E-state index is 11.8. The molecule has 0 rings (SSSR count). The highest BCUT2D eigenvalue weighted by molar-refractivity contribution is 9.09. The number of ether oxygens (including phenoxy) is 1. The van der Waals surface area contributed by atoms with E-state index in [-0.39, 0.29) is 24.5 Å². The molecular weight excluding hydrogens is 296 g/mol. The molecule has 6 heteroatoms. The standard InChI is InChI=1S/C11H20BrF2NO2/c1-3-11(2,5-6-12)15-10(16)4-7-17-8-9(13)14/h9H,3-8H2,1-2H3,(H,15,16). The summed E-state index contributed by atoms with van der Waals surface area (Å²) in [7, 11) is 0. The molecule has 0 fully saturated rings. The Labute approximate surface area is 109 Å². The van der Waals surface area contributed by atoms with Crippen molar-refractivity contribution in [2.75, 3.05) is 18.5 Å². The fourth-order valence-corrected chi connectivity index (χ4v) is 2.15. The maximum absolute atomic E-state index is 11.8. The van der Waals surface area contributed by atoms with Gasteiger partial charge in [0.25, 0.3) is 6.43 Å². The second kappa shape index (κ2) is 8.80. The van der Waals surface area contributed by atoms with Crippen LogP contribution in [0.5, 0.6) is 0 Å². The van der Waals surface area contributed by atoms with Crippen LogP contribution in [0.3, 0.4) is 0 Å². The Balaban J connectivity index is 3.83. The summed E-state index contributed by atoms with van der Waals surface area (Å²) in [5.41, 5.74) is -0.247. The number of halogens is 3. The summed E-state index contributed by atoms with van der Waals surface area (Å²) in [6.07, 6.45) is -0.715. The number of nitrogens with one attached hydrogen (secondary N) is 1. The van der Waals surface area contributed by atoms with E-state index in [1.165, 1.54) is 0 Å². The van der Waals surface area contributed by atoms with E-state index in [1.54, 1.807) is 0 Å². The average molecular weight is 316 g/mol. The van der Waals surface area contributed by atoms with Crippen molar-refractivity contribution >= 4 is 21.8 Å². The zero-order valence-electron chi connectivity index (χ0n) is 10.3. The Kier molecular flexibility index (Phi) is 8.68. The third kappa shape index (κ3) is 8.49. The number of carbonyl (C=O) groups is 1. The Morgan fingerprint density at radius 3 is 2.65 bits per heavy atom. The van der Waals surface area contributed by atoms with Gasteiger partial charge in [-0.2, -0.15) is 0 Å². The fraction of sp³-hybridized carbons (Fsp3) is 0.909. The highest BCUT2D eigenvalue weighted by Gasteiger charge is 2.23. The van der Waals surface area contributed by atoms with Crippen LogP contribution in [0.4, 0.5) is 8.78 Å². The number of hydrogen-bond acceptors (Lipinski definition) is 2. The summed E-state index contributed by atoms with van der Waals surface area (Å²) in [4.78, 5) is 11.5. The van der Waals surface area contributed by atoms with E-state index in [0.29, 0.717) is 0 Å². The molecule has 0 aromatic heterocycles. The van der Waals surface area contributed by atoms with Gasteiger partial charge >= 0.3 is 0 Å². The van der Waals surface area contributed by atoms with Gasteiger partial charge in [0.05, 0.1) is 6.61 Å². The van der Waals surface area contributed by atoms with E-state index in [2.05, 4.69) is 26.0 Å². The number of alkyl halides is 3. The van der Waals surface area contributed by atoms with Crippen molar-refractivity contribution in [1.82, 2.24) is 5.32 Å². The monoisotopic (exact) mass is 315 g/mol. The second-order valence-electron chi connectivity index (χ2n) is 4.12. The molecule has 0 bridgehead atoms. The second-order valence-corrected chi connectivity index (χ2v) is 4.91. The van der Waals surface area contributed by atoms with Crippen molar-refractivity contribution in [1.29, 1.82) is 0 Å². The largest absolute Gasteiger partial charge is 0.375 e. The molecule has 1 unspecified atom stereocenters. The van der Waals surface area contributed by atoms with Gasteiger partial charge in [0.1, 0.15) is 6.61 Å². The molecule has 102 valence electrons. The molecule has 0 aliphatic rings. The zero-order chi connectivity index (χ0) is 13.3. The van der Waals surface area contributed by atoms with Gasteiger partial charge in [0, 0.05) is 17.3 Å². The number of amides is 1. The smallest absolute Gasteiger partial charge is 0.261 e. The minimum atomic E-state index is -2.48. The molecular formula is C11H20BrF2NO2. The van der Waals surface area contributed by atoms with E-state index in [0.717, 1.165) is 18.2 Å². The first kappa shape index (κ1) is 16.8. The SMILES string of the molecule is CCC(C)(CCBr)NC(=O)CCOCC(F)F. The first-order chi connectivity index (χ1) is 7.93. The third-order valence-corrected chi connectivity index (χ3v) is 2.98. The van der Waals surface area contributed by atoms with Crippen molar-refractivity contribution in [3.63, 3.8) is 0 Å². The van der Waals surface area contributed by atoms with Crippen molar-refractivity contribution in [3.05, 3.63) is 0 Å². The molecule has 0 saturated heterocycles. The summed E-state index contributed by atoms with van der Waals surface area (Å²) in [6.45, 7) is 3.38. The van der Waals surface area contributed by atoms with Crippen LogP contribution in [0, 0.1) is 0 Å². The van der Waals surface area contributed by atoms with E-state index >= 15 is 0 Å². The van der Waals surface area contributed by atoms with Crippen LogP contribution in [0.1, 0.15) is 33.1 Å². The van der Waals surface area contributed by atoms with Gasteiger partial charge < -0.3 is 10.1 Å². The van der Waals surface area contributed by atoms with Crippen LogP contribution in [0.15, 0.2) is 0 Å². The molecule has 1 N–H and O–H groups in total. The van der Waals surface area contributed by atoms with Crippen molar-refractivity contribution in [2.24, 2.45) is 0 Å². The summed E-state index contributed by atoms with van der Waals surface area (Å²) in [6, 6.07) is 0. The molecule has 1 amide bonds. The number of hydrogen-bond donors (Lipinski definition) is 1. The average Bonchev–Trinajstić information content (AvgIpc) is 2.24. The van der Waals surface area contributed by atoms with Crippen molar-refractivity contribution < 1.29 is 18.3 Å². The molecule has 3 nitrogen and oxygen atoms in total. The van der Waals surface area contributed by atoms with Crippen molar-refractivity contribution in [3.8, 4) is 0 Å². The van der Waals surface area contributed by atoms with Gasteiger partial charge in [-0.25, -0.2) is 8.78 Å². The highest BCUT2D eigenvalue weighted by atomic mass is 79.9. The van der Waals surface area contributed by atoms with Crippen LogP contribution in [0.2, 0.25) is 0 Å². The summed E-state index contributed by atoms with van der Waals surface area (Å²) in [5.74, 6) is -0.162. The Morgan fingerprint density at radius 2 is 2.18 bits per heavy atom. The van der Waals surface area contributed by atoms with Gasteiger partial charge in [-0.05, 0) is 19.8 Å². The lowest BCUT2D eigenvalue weighted by molar-refractivity contribution is -0.124. The molecule has 0 aliphatic heterocycles. The van der Waals surface area contributed by atoms with Crippen LogP contribution in [-0.2, 0) is 9.53 Å². The minimum absolute atomic E-state index is 0.0320. The lowest BCUT2D eigenvalue weighted by Crippen LogP contribution is -2.46. The minimum Gasteiger partial charge on any atom is -0.375 e. The van der Waals surface area contributed by atoms with Crippen molar-refractivity contribution in [2.45, 2.75) is 45.1 Å². The Hall–Kier alpha value is -0.230. The Morgan fingerprint density at radius 1 is 1.53 bits per heavy atom. The van der Waals surface area contributed by atoms with Gasteiger partial charge in [-0.1, -0.05) is 22.9 Å². The Bertz CT molecular complexity index is 230. The van der Waals surface area contributed by atoms with E-state index in [4.69, 9.17) is 0 Å². The highest BCUT2D eigenvalue weighted by Crippen LogP contribution is 2.15. The summed E-state index contributed by atoms with van der Waals surface area (Å²) >= 11 is 3.34. The van der Waals surface area contributed by atoms with Gasteiger partial charge in [-0.3, -0.25) is 4.79 Å². The molecule has 1 atom stereocenters. The number of rotatable bonds is 9. The molecule has 0 radical (unpaired) electrons. The number of carbonyl (C=O) groups excluding carboxylic acids is 1. The molecule has 0 heterocycles. The van der Waals surface area contributed by atoms with E-state index < -0.39 is 13.0 Å². The zero-order valence-corrected chi connectivity index (χ0v) is 11.9. The van der Waals surface area contributed by atoms with Gasteiger partial charge in [-0.15, -0.1) is 0 Å². The molecule has 17 heavy (non-hydrogen) atoms. The molecule has 0 aromatic rings. The first-order valence-corrected chi connectivity index (χ1v) is 6.78. The molecule has 0 aromatic carbocycles. The topological polar surface area (TPSA) is 38.3 Å². The predicted octanol–water partition coefficient (Wildman–Crippen LogP) is 2.73. The predicted molar refractivity (Wildman–Crippen MR) is 66.7 cm³/mol. The maximum Gasteiger partial charge on any atom is 0.261 e. The van der Waals surface area contributed by atoms with Gasteiger partial charge in [0.2, 0.25) is 5.91 Å². The van der Waals surface area contributed by atoms with Gasteiger partial charge in [0.15, 0.2) is 0 Å². The quantitative estimate of drug-likeness (QED) is 0.525. The van der Waals surface area contributed by atoms with E-state index in [1.807, 2.05) is 13.8 Å². The normalized spacial score (nSPS) is 14.7. The summed E-state index contributed by atoms with van der Waals surface area (Å²) in [5, 5.41) is 3.70. The summed E-state index contributed by atoms with van der Waals surface area (Å²) < 4.78 is 28.2. The van der Waals surface area contributed by atoms with Crippen LogP contribution in [0.25, 0.3) is 0 Å². The fourth-order valence-electron chi connectivity index (χ4n) is 1.27. The first-order valence-electron chi connectivity index (χ1n) is 5.66.